The zero-order valence-electron chi connectivity index (χ0n) is 19.2. The van der Waals surface area contributed by atoms with Crippen molar-refractivity contribution in [1.82, 2.24) is 19.6 Å². The molecule has 3 saturated heterocycles. The first kappa shape index (κ1) is 21.1. The second-order valence-corrected chi connectivity index (χ2v) is 11.4. The Morgan fingerprint density at radius 2 is 1.46 bits per heavy atom. The fourth-order valence-corrected chi connectivity index (χ4v) is 6.18. The normalized spacial score (nSPS) is 28.9. The van der Waals surface area contributed by atoms with E-state index >= 15 is 0 Å². The number of piperidine rings is 1. The molecule has 0 N–H and O–H groups in total. The molecule has 0 unspecified atom stereocenters. The SMILES string of the molecule is CC(C)CC1(CN2CCC(CN3CC(N4CCN(C(C)C)CC4)C3)CC2)CC1. The zero-order chi connectivity index (χ0) is 19.7. The highest BCUT2D eigenvalue weighted by Gasteiger charge is 2.44. The van der Waals surface area contributed by atoms with Crippen LogP contribution in [0.5, 0.6) is 0 Å². The predicted octanol–water partition coefficient (Wildman–Crippen LogP) is 3.23. The summed E-state index contributed by atoms with van der Waals surface area (Å²) in [6, 6.07) is 1.56. The van der Waals surface area contributed by atoms with Crippen LogP contribution in [-0.4, -0.2) is 97.1 Å². The van der Waals surface area contributed by atoms with Crippen LogP contribution in [0.15, 0.2) is 0 Å². The number of likely N-dealkylation sites (tertiary alicyclic amines) is 2. The van der Waals surface area contributed by atoms with Gasteiger partial charge < -0.3 is 4.90 Å². The van der Waals surface area contributed by atoms with Crippen LogP contribution < -0.4 is 0 Å². The minimum absolute atomic E-state index is 0.714. The molecule has 0 bridgehead atoms. The zero-order valence-corrected chi connectivity index (χ0v) is 19.2. The molecule has 0 aromatic rings. The molecule has 0 atom stereocenters. The molecule has 4 fully saturated rings. The molecule has 0 radical (unpaired) electrons. The maximum Gasteiger partial charge on any atom is 0.0351 e. The first-order valence-corrected chi connectivity index (χ1v) is 12.4. The summed E-state index contributed by atoms with van der Waals surface area (Å²) in [6.45, 7) is 22.7. The summed E-state index contributed by atoms with van der Waals surface area (Å²) in [7, 11) is 0. The average Bonchev–Trinajstić information content (AvgIpc) is 3.37. The summed E-state index contributed by atoms with van der Waals surface area (Å²) in [5, 5.41) is 0. The molecular formula is C24H46N4. The summed E-state index contributed by atoms with van der Waals surface area (Å²) < 4.78 is 0. The number of piperazine rings is 1. The summed E-state index contributed by atoms with van der Waals surface area (Å²) in [4.78, 5) is 11.0. The van der Waals surface area contributed by atoms with Crippen molar-refractivity contribution in [1.29, 1.82) is 0 Å². The molecule has 3 aliphatic heterocycles. The standard InChI is InChI=1S/C24H46N4/c1-20(2)15-24(7-8-24)19-25-9-5-22(6-10-25)16-26-17-23(18-26)28-13-11-27(12-14-28)21(3)4/h20-23H,5-19H2,1-4H3. The van der Waals surface area contributed by atoms with Gasteiger partial charge in [0.2, 0.25) is 0 Å². The Morgan fingerprint density at radius 3 is 2.00 bits per heavy atom. The van der Waals surface area contributed by atoms with Gasteiger partial charge in [-0.25, -0.2) is 0 Å². The number of rotatable bonds is 8. The second-order valence-electron chi connectivity index (χ2n) is 11.4. The summed E-state index contributed by atoms with van der Waals surface area (Å²) in [5.41, 5.74) is 0.714. The van der Waals surface area contributed by atoms with Crippen molar-refractivity contribution in [2.45, 2.75) is 71.9 Å². The molecule has 28 heavy (non-hydrogen) atoms. The van der Waals surface area contributed by atoms with Gasteiger partial charge in [0.1, 0.15) is 0 Å². The summed E-state index contributed by atoms with van der Waals surface area (Å²) in [5.74, 6) is 1.82. The summed E-state index contributed by atoms with van der Waals surface area (Å²) in [6.07, 6.45) is 7.31. The minimum Gasteiger partial charge on any atom is -0.303 e. The molecular weight excluding hydrogens is 344 g/mol. The number of nitrogens with zero attached hydrogens (tertiary/aromatic N) is 4. The molecule has 4 heteroatoms. The van der Waals surface area contributed by atoms with E-state index in [1.54, 1.807) is 0 Å². The molecule has 1 saturated carbocycles. The van der Waals surface area contributed by atoms with E-state index in [0.29, 0.717) is 11.5 Å². The molecule has 4 rings (SSSR count). The molecule has 3 heterocycles. The van der Waals surface area contributed by atoms with Crippen LogP contribution in [0.1, 0.15) is 59.8 Å². The third-order valence-corrected chi connectivity index (χ3v) is 8.11. The van der Waals surface area contributed by atoms with Gasteiger partial charge >= 0.3 is 0 Å². The third-order valence-electron chi connectivity index (χ3n) is 8.11. The van der Waals surface area contributed by atoms with Crippen molar-refractivity contribution in [2.24, 2.45) is 17.3 Å². The number of hydrogen-bond donors (Lipinski definition) is 0. The highest BCUT2D eigenvalue weighted by molar-refractivity contribution is 4.97. The fraction of sp³-hybridized carbons (Fsp3) is 1.00. The molecule has 0 spiro atoms. The Balaban J connectivity index is 1.10. The van der Waals surface area contributed by atoms with Crippen molar-refractivity contribution in [3.63, 3.8) is 0 Å². The van der Waals surface area contributed by atoms with Gasteiger partial charge in [0.05, 0.1) is 0 Å². The van der Waals surface area contributed by atoms with Crippen molar-refractivity contribution >= 4 is 0 Å². The van der Waals surface area contributed by atoms with Gasteiger partial charge in [-0.15, -0.1) is 0 Å². The largest absolute Gasteiger partial charge is 0.303 e. The highest BCUT2D eigenvalue weighted by atomic mass is 15.4. The van der Waals surface area contributed by atoms with Crippen molar-refractivity contribution < 1.29 is 0 Å². The van der Waals surface area contributed by atoms with E-state index in [4.69, 9.17) is 0 Å². The molecule has 162 valence electrons. The lowest BCUT2D eigenvalue weighted by Crippen LogP contribution is -2.64. The first-order chi connectivity index (χ1) is 13.4. The van der Waals surface area contributed by atoms with Gasteiger partial charge in [-0.2, -0.15) is 0 Å². The molecule has 0 aromatic carbocycles. The Morgan fingerprint density at radius 1 is 0.821 bits per heavy atom. The van der Waals surface area contributed by atoms with Crippen molar-refractivity contribution in [3.05, 3.63) is 0 Å². The van der Waals surface area contributed by atoms with Gasteiger partial charge in [-0.1, -0.05) is 13.8 Å². The average molecular weight is 391 g/mol. The lowest BCUT2D eigenvalue weighted by Gasteiger charge is -2.50. The van der Waals surface area contributed by atoms with Crippen LogP contribution >= 0.6 is 0 Å². The van der Waals surface area contributed by atoms with Gasteiger partial charge in [-0.05, 0) is 76.3 Å². The van der Waals surface area contributed by atoms with E-state index in [0.717, 1.165) is 17.9 Å². The Kier molecular flexibility index (Phi) is 6.71. The topological polar surface area (TPSA) is 13.0 Å². The van der Waals surface area contributed by atoms with Gasteiger partial charge in [0.15, 0.2) is 0 Å². The van der Waals surface area contributed by atoms with Crippen LogP contribution in [0.2, 0.25) is 0 Å². The van der Waals surface area contributed by atoms with Crippen LogP contribution in [-0.2, 0) is 0 Å². The van der Waals surface area contributed by atoms with E-state index in [9.17, 15) is 0 Å². The van der Waals surface area contributed by atoms with E-state index < -0.39 is 0 Å². The van der Waals surface area contributed by atoms with Crippen LogP contribution in [0.3, 0.4) is 0 Å². The lowest BCUT2D eigenvalue weighted by molar-refractivity contribution is -0.0116. The Hall–Kier alpha value is -0.160. The monoisotopic (exact) mass is 390 g/mol. The highest BCUT2D eigenvalue weighted by Crippen LogP contribution is 2.51. The molecule has 0 amide bonds. The quantitative estimate of drug-likeness (QED) is 0.631. The minimum atomic E-state index is 0.714. The van der Waals surface area contributed by atoms with Crippen LogP contribution in [0.25, 0.3) is 0 Å². The summed E-state index contributed by atoms with van der Waals surface area (Å²) >= 11 is 0. The van der Waals surface area contributed by atoms with E-state index in [1.165, 1.54) is 97.6 Å². The second kappa shape index (κ2) is 8.91. The maximum absolute atomic E-state index is 2.80. The third kappa shape index (κ3) is 5.30. The Labute approximate surface area is 174 Å². The first-order valence-electron chi connectivity index (χ1n) is 12.4. The van der Waals surface area contributed by atoms with Gasteiger partial charge in [0, 0.05) is 64.4 Å². The fourth-order valence-electron chi connectivity index (χ4n) is 6.18. The molecule has 0 aromatic heterocycles. The lowest BCUT2D eigenvalue weighted by atomic mass is 9.90. The molecule has 1 aliphatic carbocycles. The number of hydrogen-bond acceptors (Lipinski definition) is 4. The maximum atomic E-state index is 2.80. The molecule has 4 aliphatic rings. The smallest absolute Gasteiger partial charge is 0.0351 e. The van der Waals surface area contributed by atoms with Crippen LogP contribution in [0, 0.1) is 17.3 Å². The molecule has 4 nitrogen and oxygen atoms in total. The van der Waals surface area contributed by atoms with Gasteiger partial charge in [0.25, 0.3) is 0 Å². The van der Waals surface area contributed by atoms with E-state index in [1.807, 2.05) is 0 Å². The van der Waals surface area contributed by atoms with Crippen molar-refractivity contribution in [3.8, 4) is 0 Å². The van der Waals surface area contributed by atoms with E-state index in [2.05, 4.69) is 47.3 Å². The van der Waals surface area contributed by atoms with Gasteiger partial charge in [-0.3, -0.25) is 14.7 Å². The van der Waals surface area contributed by atoms with E-state index in [-0.39, 0.29) is 0 Å². The Bertz CT molecular complexity index is 479. The predicted molar refractivity (Wildman–Crippen MR) is 119 cm³/mol. The van der Waals surface area contributed by atoms with Crippen LogP contribution in [0.4, 0.5) is 0 Å². The van der Waals surface area contributed by atoms with Crippen molar-refractivity contribution in [2.75, 3.05) is 65.4 Å².